The zero-order chi connectivity index (χ0) is 20.0. The first-order valence-electron chi connectivity index (χ1n) is 9.27. The average Bonchev–Trinajstić information content (AvgIpc) is 2.65. The normalized spacial score (nSPS) is 17.7. The lowest BCUT2D eigenvalue weighted by Crippen LogP contribution is -2.39. The fraction of sp³-hybridized carbons (Fsp3) is 0.647. The van der Waals surface area contributed by atoms with Gasteiger partial charge in [0.2, 0.25) is 0 Å². The zero-order valence-electron chi connectivity index (χ0n) is 15.9. The predicted octanol–water partition coefficient (Wildman–Crippen LogP) is 1.10. The number of carbonyl (C=O) groups excluding carboxylic acids is 1. The Kier molecular flexibility index (Phi) is 7.61. The van der Waals surface area contributed by atoms with Crippen LogP contribution in [-0.4, -0.2) is 52.9 Å². The molecule has 10 heteroatoms. The number of nitrogens with one attached hydrogen (secondary N) is 1. The van der Waals surface area contributed by atoms with Crippen LogP contribution in [0.25, 0.3) is 0 Å². The van der Waals surface area contributed by atoms with Gasteiger partial charge in [0.15, 0.2) is 28.4 Å². The molecule has 2 heterocycles. The number of nitrogens with two attached hydrogens (primary N) is 3. The maximum absolute atomic E-state index is 12.3. The van der Waals surface area contributed by atoms with Crippen LogP contribution in [0.4, 0.5) is 11.6 Å². The molecule has 1 fully saturated rings. The number of hydrogen-bond acceptors (Lipinski definition) is 7. The summed E-state index contributed by atoms with van der Waals surface area (Å²) >= 11 is 5.80. The molecule has 0 aliphatic carbocycles. The van der Waals surface area contributed by atoms with Crippen molar-refractivity contribution in [3.63, 3.8) is 0 Å². The minimum atomic E-state index is -0.618. The molecule has 1 saturated heterocycles. The first kappa shape index (κ1) is 21.2. The van der Waals surface area contributed by atoms with Crippen molar-refractivity contribution in [1.82, 2.24) is 20.2 Å². The van der Waals surface area contributed by atoms with Gasteiger partial charge in [-0.2, -0.15) is 0 Å². The van der Waals surface area contributed by atoms with E-state index < -0.39 is 5.91 Å². The van der Waals surface area contributed by atoms with Gasteiger partial charge in [-0.05, 0) is 44.3 Å². The summed E-state index contributed by atoms with van der Waals surface area (Å²) in [6, 6.07) is 0. The standard InChI is InChI=1S/C17H29ClN8O/c1-3-10(11-5-7-26(4-2)8-6-11)9-22-17(21)25-16(27)12-14(19)24-15(20)13(18)23-12/h10-11H,3-9H2,1-2H3,(H4,19,20,24)(H3,21,22,25,27). The van der Waals surface area contributed by atoms with Crippen LogP contribution in [0.3, 0.4) is 0 Å². The van der Waals surface area contributed by atoms with Crippen LogP contribution in [0, 0.1) is 11.8 Å². The number of hydrogen-bond donors (Lipinski definition) is 4. The molecule has 0 saturated carbocycles. The highest BCUT2D eigenvalue weighted by atomic mass is 35.5. The van der Waals surface area contributed by atoms with Gasteiger partial charge in [-0.3, -0.25) is 15.1 Å². The maximum atomic E-state index is 12.3. The molecule has 9 nitrogen and oxygen atoms in total. The van der Waals surface area contributed by atoms with Crippen molar-refractivity contribution in [2.75, 3.05) is 37.6 Å². The van der Waals surface area contributed by atoms with Crippen molar-refractivity contribution in [1.29, 1.82) is 0 Å². The zero-order valence-corrected chi connectivity index (χ0v) is 16.7. The predicted molar refractivity (Wildman–Crippen MR) is 108 cm³/mol. The Morgan fingerprint density at radius 3 is 2.56 bits per heavy atom. The molecule has 0 spiro atoms. The van der Waals surface area contributed by atoms with Gasteiger partial charge in [-0.15, -0.1) is 0 Å². The first-order chi connectivity index (χ1) is 12.8. The van der Waals surface area contributed by atoms with E-state index >= 15 is 0 Å². The lowest BCUT2D eigenvalue weighted by atomic mass is 9.83. The third kappa shape index (κ3) is 5.67. The number of aromatic nitrogens is 2. The number of nitrogen functional groups attached to an aromatic ring is 2. The number of nitrogens with zero attached hydrogens (tertiary/aromatic N) is 4. The Labute approximate surface area is 164 Å². The van der Waals surface area contributed by atoms with Crippen molar-refractivity contribution in [3.05, 3.63) is 10.8 Å². The van der Waals surface area contributed by atoms with Crippen molar-refractivity contribution in [2.45, 2.75) is 33.1 Å². The fourth-order valence-electron chi connectivity index (χ4n) is 3.39. The van der Waals surface area contributed by atoms with Gasteiger partial charge in [0.25, 0.3) is 5.91 Å². The van der Waals surface area contributed by atoms with E-state index in [9.17, 15) is 4.79 Å². The third-order valence-electron chi connectivity index (χ3n) is 5.13. The van der Waals surface area contributed by atoms with Crippen LogP contribution in [0.5, 0.6) is 0 Å². The number of carbonyl (C=O) groups is 1. The SMILES string of the molecule is CCC(CN=C(N)NC(=O)c1nc(Cl)c(N)nc1N)C1CCN(CC)CC1. The van der Waals surface area contributed by atoms with E-state index in [2.05, 4.69) is 39.0 Å². The van der Waals surface area contributed by atoms with Crippen molar-refractivity contribution in [3.8, 4) is 0 Å². The molecular formula is C17H29ClN8O. The smallest absolute Gasteiger partial charge is 0.280 e. The van der Waals surface area contributed by atoms with Crippen LogP contribution in [-0.2, 0) is 0 Å². The Morgan fingerprint density at radius 2 is 1.96 bits per heavy atom. The summed E-state index contributed by atoms with van der Waals surface area (Å²) in [6.45, 7) is 8.28. The Morgan fingerprint density at radius 1 is 1.30 bits per heavy atom. The molecular weight excluding hydrogens is 368 g/mol. The summed E-state index contributed by atoms with van der Waals surface area (Å²) in [6.07, 6.45) is 3.36. The highest BCUT2D eigenvalue weighted by Gasteiger charge is 2.25. The summed E-state index contributed by atoms with van der Waals surface area (Å²) in [4.78, 5) is 26.7. The molecule has 1 atom stereocenters. The van der Waals surface area contributed by atoms with Gasteiger partial charge in [-0.1, -0.05) is 31.9 Å². The minimum Gasteiger partial charge on any atom is -0.382 e. The number of halogens is 1. The molecule has 1 unspecified atom stereocenters. The molecule has 0 bridgehead atoms. The van der Waals surface area contributed by atoms with Crippen molar-refractivity contribution < 1.29 is 4.79 Å². The summed E-state index contributed by atoms with van der Waals surface area (Å²) in [5, 5.41) is 2.39. The molecule has 0 radical (unpaired) electrons. The molecule has 1 aromatic rings. The number of anilines is 2. The second kappa shape index (κ2) is 9.70. The topological polar surface area (TPSA) is 149 Å². The molecule has 1 aromatic heterocycles. The van der Waals surface area contributed by atoms with Gasteiger partial charge in [0, 0.05) is 6.54 Å². The van der Waals surface area contributed by atoms with Gasteiger partial charge in [0.05, 0.1) is 0 Å². The maximum Gasteiger partial charge on any atom is 0.280 e. The van der Waals surface area contributed by atoms with Gasteiger partial charge in [-0.25, -0.2) is 9.97 Å². The lowest BCUT2D eigenvalue weighted by molar-refractivity contribution is 0.0972. The molecule has 0 aromatic carbocycles. The number of rotatable bonds is 6. The number of aliphatic imine (C=N–C) groups is 1. The third-order valence-corrected chi connectivity index (χ3v) is 5.41. The van der Waals surface area contributed by atoms with Crippen LogP contribution < -0.4 is 22.5 Å². The minimum absolute atomic E-state index is 0.0265. The largest absolute Gasteiger partial charge is 0.382 e. The van der Waals surface area contributed by atoms with E-state index in [1.807, 2.05) is 0 Å². The summed E-state index contributed by atoms with van der Waals surface area (Å²) in [5.74, 6) is 0.326. The van der Waals surface area contributed by atoms with Crippen LogP contribution >= 0.6 is 11.6 Å². The molecule has 7 N–H and O–H groups in total. The number of amides is 1. The van der Waals surface area contributed by atoms with E-state index in [1.165, 1.54) is 12.8 Å². The van der Waals surface area contributed by atoms with E-state index in [-0.39, 0.29) is 28.4 Å². The quantitative estimate of drug-likeness (QED) is 0.415. The van der Waals surface area contributed by atoms with Crippen molar-refractivity contribution in [2.24, 2.45) is 22.6 Å². The second-order valence-corrected chi connectivity index (χ2v) is 7.11. The molecule has 1 aliphatic heterocycles. The highest BCUT2D eigenvalue weighted by molar-refractivity contribution is 6.31. The van der Waals surface area contributed by atoms with E-state index in [1.54, 1.807) is 0 Å². The Balaban J connectivity index is 1.94. The second-order valence-electron chi connectivity index (χ2n) is 6.75. The van der Waals surface area contributed by atoms with Gasteiger partial charge in [0.1, 0.15) is 0 Å². The molecule has 150 valence electrons. The Hall–Kier alpha value is -2.13. The van der Waals surface area contributed by atoms with Gasteiger partial charge >= 0.3 is 0 Å². The van der Waals surface area contributed by atoms with Crippen LogP contribution in [0.15, 0.2) is 4.99 Å². The van der Waals surface area contributed by atoms with E-state index in [4.69, 9.17) is 28.8 Å². The van der Waals surface area contributed by atoms with E-state index in [0.29, 0.717) is 18.4 Å². The molecule has 2 rings (SSSR count). The average molecular weight is 397 g/mol. The number of piperidine rings is 1. The summed E-state index contributed by atoms with van der Waals surface area (Å²) in [7, 11) is 0. The highest BCUT2D eigenvalue weighted by Crippen LogP contribution is 2.27. The summed E-state index contributed by atoms with van der Waals surface area (Å²) < 4.78 is 0. The number of likely N-dealkylation sites (tertiary alicyclic amines) is 1. The lowest BCUT2D eigenvalue weighted by Gasteiger charge is -2.34. The van der Waals surface area contributed by atoms with Gasteiger partial charge < -0.3 is 22.1 Å². The molecule has 1 amide bonds. The number of guanidine groups is 1. The van der Waals surface area contributed by atoms with Crippen molar-refractivity contribution >= 4 is 35.1 Å². The Bertz CT molecular complexity index is 688. The van der Waals surface area contributed by atoms with Crippen LogP contribution in [0.1, 0.15) is 43.6 Å². The monoisotopic (exact) mass is 396 g/mol. The fourth-order valence-corrected chi connectivity index (χ4v) is 3.52. The van der Waals surface area contributed by atoms with E-state index in [0.717, 1.165) is 26.1 Å². The molecule has 1 aliphatic rings. The first-order valence-corrected chi connectivity index (χ1v) is 9.65. The van der Waals surface area contributed by atoms with Crippen LogP contribution in [0.2, 0.25) is 5.15 Å². The summed E-state index contributed by atoms with van der Waals surface area (Å²) in [5.41, 5.74) is 16.9. The molecule has 27 heavy (non-hydrogen) atoms.